The van der Waals surface area contributed by atoms with Crippen LogP contribution in [0.5, 0.6) is 0 Å². The fraction of sp³-hybridized carbons (Fsp3) is 0.875. The third kappa shape index (κ3) is 10.00. The Balaban J connectivity index is 4.43. The summed E-state index contributed by atoms with van der Waals surface area (Å²) in [5.74, 6) is 0.0764. The summed E-state index contributed by atoms with van der Waals surface area (Å²) in [5, 5.41) is 5.59. The van der Waals surface area contributed by atoms with E-state index in [1.165, 1.54) is 13.8 Å². The molecule has 0 aliphatic rings. The largest absolute Gasteiger partial charge is 0.351 e. The highest BCUT2D eigenvalue weighted by Crippen LogP contribution is 2.11. The maximum Gasteiger partial charge on any atom is 0.304 e. The van der Waals surface area contributed by atoms with Gasteiger partial charge in [-0.25, -0.2) is 0 Å². The molecule has 8 heteroatoms. The number of amides is 2. The summed E-state index contributed by atoms with van der Waals surface area (Å²) in [4.78, 5) is 22.5. The van der Waals surface area contributed by atoms with Gasteiger partial charge in [0.05, 0.1) is 25.3 Å². The zero-order valence-electron chi connectivity index (χ0n) is 15.6. The van der Waals surface area contributed by atoms with E-state index in [0.29, 0.717) is 0 Å². The van der Waals surface area contributed by atoms with Crippen molar-refractivity contribution in [1.82, 2.24) is 10.6 Å². The molecule has 142 valence electrons. The van der Waals surface area contributed by atoms with Crippen LogP contribution in [-0.2, 0) is 29.3 Å². The van der Waals surface area contributed by atoms with Crippen LogP contribution < -0.4 is 10.6 Å². The minimum atomic E-state index is -1.93. The first-order chi connectivity index (χ1) is 11.2. The molecule has 0 saturated carbocycles. The van der Waals surface area contributed by atoms with Crippen LogP contribution in [0.25, 0.3) is 0 Å². The molecule has 0 aromatic carbocycles. The number of hydrogen-bond acceptors (Lipinski definition) is 5. The van der Waals surface area contributed by atoms with E-state index in [0.717, 1.165) is 12.8 Å². The van der Waals surface area contributed by atoms with Crippen LogP contribution in [-0.4, -0.2) is 41.3 Å². The maximum absolute atomic E-state index is 11.9. The molecule has 0 rings (SSSR count). The van der Waals surface area contributed by atoms with Gasteiger partial charge in [0, 0.05) is 13.8 Å². The lowest BCUT2D eigenvalue weighted by molar-refractivity contribution is -0.121. The molecule has 0 heterocycles. The van der Waals surface area contributed by atoms with Crippen LogP contribution in [0.15, 0.2) is 0 Å². The van der Waals surface area contributed by atoms with Crippen LogP contribution in [0.3, 0.4) is 0 Å². The van der Waals surface area contributed by atoms with Gasteiger partial charge in [-0.2, -0.15) is 4.21 Å². The molecule has 0 aliphatic heterocycles. The second kappa shape index (κ2) is 12.4. The van der Waals surface area contributed by atoms with E-state index in [9.17, 15) is 13.8 Å². The smallest absolute Gasteiger partial charge is 0.304 e. The van der Waals surface area contributed by atoms with E-state index in [1.807, 2.05) is 27.7 Å². The van der Waals surface area contributed by atoms with Crippen LogP contribution in [0, 0.1) is 11.8 Å². The van der Waals surface area contributed by atoms with Crippen LogP contribution in [0.2, 0.25) is 0 Å². The van der Waals surface area contributed by atoms with Crippen molar-refractivity contribution in [3.05, 3.63) is 0 Å². The van der Waals surface area contributed by atoms with Crippen molar-refractivity contribution in [2.24, 2.45) is 11.8 Å². The lowest BCUT2D eigenvalue weighted by atomic mass is 10.00. The van der Waals surface area contributed by atoms with Gasteiger partial charge in [0.25, 0.3) is 0 Å². The van der Waals surface area contributed by atoms with Gasteiger partial charge in [-0.1, -0.05) is 40.5 Å². The fourth-order valence-corrected chi connectivity index (χ4v) is 2.66. The normalized spacial score (nSPS) is 17.4. The van der Waals surface area contributed by atoms with Crippen molar-refractivity contribution < 1.29 is 22.2 Å². The summed E-state index contributed by atoms with van der Waals surface area (Å²) < 4.78 is 22.3. The predicted molar refractivity (Wildman–Crippen MR) is 94.2 cm³/mol. The molecule has 0 aromatic heterocycles. The van der Waals surface area contributed by atoms with E-state index in [4.69, 9.17) is 8.37 Å². The Morgan fingerprint density at radius 3 is 1.46 bits per heavy atom. The topological polar surface area (TPSA) is 93.7 Å². The van der Waals surface area contributed by atoms with E-state index < -0.39 is 11.4 Å². The highest BCUT2D eigenvalue weighted by molar-refractivity contribution is 7.75. The number of hydrogen-bond donors (Lipinski definition) is 2. The second-order valence-corrected chi connectivity index (χ2v) is 7.04. The number of rotatable bonds is 12. The van der Waals surface area contributed by atoms with Crippen molar-refractivity contribution in [2.75, 3.05) is 13.2 Å². The summed E-state index contributed by atoms with van der Waals surface area (Å²) in [6.45, 7) is 11.1. The van der Waals surface area contributed by atoms with E-state index in [-0.39, 0.29) is 48.9 Å². The highest BCUT2D eigenvalue weighted by atomic mass is 32.2. The van der Waals surface area contributed by atoms with Crippen molar-refractivity contribution in [3.63, 3.8) is 0 Å². The first-order valence-electron chi connectivity index (χ1n) is 8.43. The molecule has 7 nitrogen and oxygen atoms in total. The second-order valence-electron chi connectivity index (χ2n) is 6.16. The van der Waals surface area contributed by atoms with Crippen LogP contribution in [0.4, 0.5) is 0 Å². The molecule has 0 spiro atoms. The van der Waals surface area contributed by atoms with E-state index in [1.54, 1.807) is 0 Å². The molecule has 0 saturated heterocycles. The summed E-state index contributed by atoms with van der Waals surface area (Å²) >= 11 is -1.93. The molecule has 2 N–H and O–H groups in total. The minimum absolute atomic E-state index is 0.106. The Morgan fingerprint density at radius 2 is 1.21 bits per heavy atom. The van der Waals surface area contributed by atoms with Crippen molar-refractivity contribution in [2.45, 2.75) is 66.5 Å². The molecule has 0 bridgehead atoms. The molecule has 4 unspecified atom stereocenters. The average Bonchev–Trinajstić information content (AvgIpc) is 2.52. The van der Waals surface area contributed by atoms with Gasteiger partial charge in [0.2, 0.25) is 11.8 Å². The van der Waals surface area contributed by atoms with Crippen LogP contribution >= 0.6 is 0 Å². The van der Waals surface area contributed by atoms with E-state index >= 15 is 0 Å². The van der Waals surface area contributed by atoms with Gasteiger partial charge in [-0.15, -0.1) is 0 Å². The average molecular weight is 365 g/mol. The standard InChI is InChI=1S/C16H32N2O5S/c1-7-11(3)15(17-13(5)19)9-22-24(21)23-10-16(12(4)8-2)18-14(6)20/h11-12,15-16H,7-10H2,1-6H3,(H,17,19)(H,18,20). The zero-order chi connectivity index (χ0) is 18.7. The molecule has 0 radical (unpaired) electrons. The quantitative estimate of drug-likeness (QED) is 0.550. The lowest BCUT2D eigenvalue weighted by Crippen LogP contribution is -2.43. The number of carbonyl (C=O) groups excluding carboxylic acids is 2. The first kappa shape index (κ1) is 23.0. The molecular weight excluding hydrogens is 332 g/mol. The Morgan fingerprint density at radius 1 is 0.875 bits per heavy atom. The number of nitrogens with one attached hydrogen (secondary N) is 2. The molecular formula is C16H32N2O5S. The SMILES string of the molecule is CCC(C)C(COS(=O)OCC(NC(C)=O)C(C)CC)NC(C)=O. The monoisotopic (exact) mass is 364 g/mol. The molecule has 0 aromatic rings. The molecule has 2 amide bonds. The minimum Gasteiger partial charge on any atom is -0.351 e. The Hall–Kier alpha value is -0.990. The van der Waals surface area contributed by atoms with Crippen molar-refractivity contribution >= 4 is 23.2 Å². The zero-order valence-corrected chi connectivity index (χ0v) is 16.4. The lowest BCUT2D eigenvalue weighted by Gasteiger charge is -2.24. The van der Waals surface area contributed by atoms with Crippen molar-refractivity contribution in [1.29, 1.82) is 0 Å². The van der Waals surface area contributed by atoms with Gasteiger partial charge in [0.15, 0.2) is 0 Å². The fourth-order valence-electron chi connectivity index (χ4n) is 2.08. The third-order valence-corrected chi connectivity index (χ3v) is 4.78. The summed E-state index contributed by atoms with van der Waals surface area (Å²) in [6, 6.07) is -0.443. The Labute approximate surface area is 148 Å². The Kier molecular flexibility index (Phi) is 11.9. The van der Waals surface area contributed by atoms with Gasteiger partial charge in [-0.05, 0) is 11.8 Å². The van der Waals surface area contributed by atoms with Gasteiger partial charge in [0.1, 0.15) is 0 Å². The molecule has 0 fully saturated rings. The van der Waals surface area contributed by atoms with Crippen LogP contribution in [0.1, 0.15) is 54.4 Å². The first-order valence-corrected chi connectivity index (χ1v) is 9.43. The predicted octanol–water partition coefficient (Wildman–Crippen LogP) is 1.70. The maximum atomic E-state index is 11.9. The Bertz CT molecular complexity index is 383. The van der Waals surface area contributed by atoms with E-state index in [2.05, 4.69) is 10.6 Å². The molecule has 24 heavy (non-hydrogen) atoms. The summed E-state index contributed by atoms with van der Waals surface area (Å²) in [7, 11) is 0. The summed E-state index contributed by atoms with van der Waals surface area (Å²) in [6.07, 6.45) is 1.72. The summed E-state index contributed by atoms with van der Waals surface area (Å²) in [5.41, 5.74) is 0. The third-order valence-electron chi connectivity index (χ3n) is 4.13. The van der Waals surface area contributed by atoms with Gasteiger partial charge in [-0.3, -0.25) is 18.0 Å². The van der Waals surface area contributed by atoms with Gasteiger partial charge < -0.3 is 10.6 Å². The van der Waals surface area contributed by atoms with Crippen molar-refractivity contribution in [3.8, 4) is 0 Å². The van der Waals surface area contributed by atoms with Gasteiger partial charge >= 0.3 is 11.4 Å². The molecule has 4 atom stereocenters. The molecule has 0 aliphatic carbocycles. The highest BCUT2D eigenvalue weighted by Gasteiger charge is 2.21. The number of carbonyl (C=O) groups is 2.